The van der Waals surface area contributed by atoms with Crippen molar-refractivity contribution < 1.29 is 4.74 Å². The van der Waals surface area contributed by atoms with E-state index in [0.717, 1.165) is 30.8 Å². The normalized spacial score (nSPS) is 27.1. The lowest BCUT2D eigenvalue weighted by atomic mass is 10.1. The first kappa shape index (κ1) is 11.8. The summed E-state index contributed by atoms with van der Waals surface area (Å²) in [4.78, 5) is 6.98. The molecule has 0 aliphatic carbocycles. The van der Waals surface area contributed by atoms with Gasteiger partial charge in [0.2, 0.25) is 5.88 Å². The predicted molar refractivity (Wildman–Crippen MR) is 72.2 cm³/mol. The van der Waals surface area contributed by atoms with E-state index in [2.05, 4.69) is 21.3 Å². The number of hydrogen-bond donors (Lipinski definition) is 1. The number of nitrogens with one attached hydrogen (secondary N) is 1. The number of fused-ring (bicyclic) bond motifs is 2. The van der Waals surface area contributed by atoms with E-state index < -0.39 is 0 Å². The summed E-state index contributed by atoms with van der Waals surface area (Å²) in [5.41, 5.74) is 0. The minimum atomic E-state index is 0.634. The second-order valence-electron chi connectivity index (χ2n) is 5.14. The maximum Gasteiger partial charge on any atom is 0.215 e. The second kappa shape index (κ2) is 5.14. The first-order valence-electron chi connectivity index (χ1n) is 6.96. The molecule has 0 saturated carbocycles. The lowest BCUT2D eigenvalue weighted by Gasteiger charge is -2.25. The Balaban J connectivity index is 1.75. The number of ether oxygens (including phenoxy) is 1. The Morgan fingerprint density at radius 2 is 2.22 bits per heavy atom. The molecule has 2 saturated heterocycles. The van der Waals surface area contributed by atoms with Crippen LogP contribution in [0.4, 0.5) is 5.82 Å². The van der Waals surface area contributed by atoms with Crippen molar-refractivity contribution >= 4 is 5.82 Å². The molecule has 1 N–H and O–H groups in total. The monoisotopic (exact) mass is 247 g/mol. The maximum absolute atomic E-state index is 5.48. The summed E-state index contributed by atoms with van der Waals surface area (Å²) in [6, 6.07) is 7.39. The van der Waals surface area contributed by atoms with Gasteiger partial charge in [0.15, 0.2) is 0 Å². The Bertz CT molecular complexity index is 410. The molecule has 0 spiro atoms. The van der Waals surface area contributed by atoms with Crippen LogP contribution in [0.2, 0.25) is 0 Å². The van der Waals surface area contributed by atoms with E-state index in [-0.39, 0.29) is 0 Å². The number of pyridine rings is 1. The van der Waals surface area contributed by atoms with Crippen molar-refractivity contribution in [1.29, 1.82) is 0 Å². The number of anilines is 1. The molecule has 18 heavy (non-hydrogen) atoms. The fraction of sp³-hybridized carbons (Fsp3) is 0.643. The minimum Gasteiger partial charge on any atom is -0.478 e. The molecule has 3 rings (SSSR count). The molecule has 0 aromatic carbocycles. The molecule has 0 radical (unpaired) electrons. The molecule has 1 aromatic rings. The zero-order valence-corrected chi connectivity index (χ0v) is 10.9. The van der Waals surface area contributed by atoms with Crippen molar-refractivity contribution in [3.63, 3.8) is 0 Å². The van der Waals surface area contributed by atoms with Gasteiger partial charge >= 0.3 is 0 Å². The molecule has 2 aliphatic heterocycles. The van der Waals surface area contributed by atoms with Gasteiger partial charge in [-0.05, 0) is 32.3 Å². The highest BCUT2D eigenvalue weighted by Crippen LogP contribution is 2.24. The summed E-state index contributed by atoms with van der Waals surface area (Å²) in [7, 11) is 0. The van der Waals surface area contributed by atoms with Crippen LogP contribution in [0.5, 0.6) is 5.88 Å². The molecule has 2 atom stereocenters. The van der Waals surface area contributed by atoms with Crippen LogP contribution in [0, 0.1) is 0 Å². The van der Waals surface area contributed by atoms with Gasteiger partial charge in [0.25, 0.3) is 0 Å². The van der Waals surface area contributed by atoms with E-state index in [1.165, 1.54) is 19.3 Å². The fourth-order valence-electron chi connectivity index (χ4n) is 2.96. The number of rotatable bonds is 3. The molecule has 98 valence electrons. The van der Waals surface area contributed by atoms with Gasteiger partial charge in [0.1, 0.15) is 5.82 Å². The highest BCUT2D eigenvalue weighted by Gasteiger charge is 2.29. The van der Waals surface area contributed by atoms with E-state index in [0.29, 0.717) is 12.6 Å². The van der Waals surface area contributed by atoms with E-state index in [1.54, 1.807) is 0 Å². The van der Waals surface area contributed by atoms with Crippen LogP contribution >= 0.6 is 0 Å². The van der Waals surface area contributed by atoms with E-state index in [4.69, 9.17) is 4.74 Å². The second-order valence-corrected chi connectivity index (χ2v) is 5.14. The van der Waals surface area contributed by atoms with E-state index in [9.17, 15) is 0 Å². The van der Waals surface area contributed by atoms with Crippen LogP contribution in [0.25, 0.3) is 0 Å². The largest absolute Gasteiger partial charge is 0.478 e. The van der Waals surface area contributed by atoms with Crippen molar-refractivity contribution in [3.8, 4) is 5.88 Å². The van der Waals surface area contributed by atoms with Gasteiger partial charge in [-0.25, -0.2) is 0 Å². The highest BCUT2D eigenvalue weighted by molar-refractivity contribution is 5.41. The highest BCUT2D eigenvalue weighted by atomic mass is 16.5. The summed E-state index contributed by atoms with van der Waals surface area (Å²) < 4.78 is 5.48. The van der Waals surface area contributed by atoms with Crippen LogP contribution in [-0.2, 0) is 0 Å². The Morgan fingerprint density at radius 1 is 1.33 bits per heavy atom. The van der Waals surface area contributed by atoms with Crippen LogP contribution < -0.4 is 15.0 Å². The minimum absolute atomic E-state index is 0.634. The van der Waals surface area contributed by atoms with Crippen LogP contribution in [0.1, 0.15) is 26.2 Å². The van der Waals surface area contributed by atoms with Gasteiger partial charge in [-0.1, -0.05) is 6.07 Å². The van der Waals surface area contributed by atoms with Gasteiger partial charge in [-0.2, -0.15) is 4.98 Å². The third-order valence-electron chi connectivity index (χ3n) is 3.85. The quantitative estimate of drug-likeness (QED) is 0.884. The first-order chi connectivity index (χ1) is 8.85. The molecular weight excluding hydrogens is 226 g/mol. The van der Waals surface area contributed by atoms with Crippen molar-refractivity contribution in [2.45, 2.75) is 38.3 Å². The molecule has 4 nitrogen and oxygen atoms in total. The average molecular weight is 247 g/mol. The topological polar surface area (TPSA) is 37.4 Å². The standard InChI is InChI=1S/C14H21N3O/c1-2-18-14-5-3-4-13(16-14)17-9-8-11-6-7-12(10-17)15-11/h3-5,11-12,15H,2,6-10H2,1H3. The maximum atomic E-state index is 5.48. The van der Waals surface area contributed by atoms with E-state index in [1.807, 2.05) is 19.1 Å². The van der Waals surface area contributed by atoms with Crippen LogP contribution in [-0.4, -0.2) is 36.8 Å². The zero-order chi connectivity index (χ0) is 12.4. The Hall–Kier alpha value is -1.29. The zero-order valence-electron chi connectivity index (χ0n) is 10.9. The SMILES string of the molecule is CCOc1cccc(N2CCC3CCC(C2)N3)n1. The number of hydrogen-bond acceptors (Lipinski definition) is 4. The molecule has 0 amide bonds. The van der Waals surface area contributed by atoms with Gasteiger partial charge in [-0.3, -0.25) is 0 Å². The van der Waals surface area contributed by atoms with Gasteiger partial charge in [0.05, 0.1) is 6.61 Å². The van der Waals surface area contributed by atoms with Gasteiger partial charge < -0.3 is 15.0 Å². The molecule has 1 aromatic heterocycles. The smallest absolute Gasteiger partial charge is 0.215 e. The number of nitrogens with zero attached hydrogens (tertiary/aromatic N) is 2. The lowest BCUT2D eigenvalue weighted by Crippen LogP contribution is -2.35. The van der Waals surface area contributed by atoms with Crippen molar-refractivity contribution in [1.82, 2.24) is 10.3 Å². The van der Waals surface area contributed by atoms with Gasteiger partial charge in [0, 0.05) is 31.2 Å². The van der Waals surface area contributed by atoms with E-state index >= 15 is 0 Å². The van der Waals surface area contributed by atoms with Gasteiger partial charge in [-0.15, -0.1) is 0 Å². The summed E-state index contributed by atoms with van der Waals surface area (Å²) in [6.45, 7) is 4.82. The van der Waals surface area contributed by atoms with Crippen LogP contribution in [0.3, 0.4) is 0 Å². The molecule has 3 heterocycles. The first-order valence-corrected chi connectivity index (χ1v) is 6.96. The molecule has 2 fully saturated rings. The van der Waals surface area contributed by atoms with Crippen LogP contribution in [0.15, 0.2) is 18.2 Å². The van der Waals surface area contributed by atoms with Crippen molar-refractivity contribution in [2.24, 2.45) is 0 Å². The third-order valence-corrected chi connectivity index (χ3v) is 3.85. The molecule has 2 unspecified atom stereocenters. The Morgan fingerprint density at radius 3 is 3.11 bits per heavy atom. The summed E-state index contributed by atoms with van der Waals surface area (Å²) >= 11 is 0. The molecule has 4 heteroatoms. The Kier molecular flexibility index (Phi) is 3.37. The summed E-state index contributed by atoms with van der Waals surface area (Å²) in [5.74, 6) is 1.78. The molecule has 2 aliphatic rings. The lowest BCUT2D eigenvalue weighted by molar-refractivity contribution is 0.327. The predicted octanol–water partition coefficient (Wildman–Crippen LogP) is 1.81. The summed E-state index contributed by atoms with van der Waals surface area (Å²) in [6.07, 6.45) is 3.86. The molecular formula is C14H21N3O. The summed E-state index contributed by atoms with van der Waals surface area (Å²) in [5, 5.41) is 3.69. The fourth-order valence-corrected chi connectivity index (χ4v) is 2.96. The molecule has 2 bridgehead atoms. The Labute approximate surface area is 108 Å². The van der Waals surface area contributed by atoms with Crippen molar-refractivity contribution in [2.75, 3.05) is 24.6 Å². The number of aromatic nitrogens is 1. The average Bonchev–Trinajstić information content (AvgIpc) is 2.70. The third kappa shape index (κ3) is 2.43. The van der Waals surface area contributed by atoms with Crippen molar-refractivity contribution in [3.05, 3.63) is 18.2 Å².